The van der Waals surface area contributed by atoms with Crippen molar-refractivity contribution in [3.05, 3.63) is 0 Å². The zero-order valence-corrected chi connectivity index (χ0v) is 14.2. The van der Waals surface area contributed by atoms with Gasteiger partial charge in [-0.15, -0.1) is 0 Å². The van der Waals surface area contributed by atoms with Crippen molar-refractivity contribution >= 4 is 7.60 Å². The van der Waals surface area contributed by atoms with Gasteiger partial charge in [0.15, 0.2) is 0 Å². The smallest absolute Gasteiger partial charge is 0.316 e. The molecular weight excluding hydrogens is 265 g/mol. The van der Waals surface area contributed by atoms with Gasteiger partial charge in [0.25, 0.3) is 0 Å². The van der Waals surface area contributed by atoms with Crippen LogP contribution in [-0.4, -0.2) is 29.6 Å². The van der Waals surface area contributed by atoms with E-state index >= 15 is 0 Å². The molecule has 0 aromatic rings. The van der Waals surface area contributed by atoms with Gasteiger partial charge in [0.05, 0.1) is 18.9 Å². The molecule has 0 radical (unpaired) electrons. The van der Waals surface area contributed by atoms with E-state index in [9.17, 15) is 9.77 Å². The molecule has 0 aliphatic heterocycles. The second-order valence-corrected chi connectivity index (χ2v) is 8.68. The van der Waals surface area contributed by atoms with Gasteiger partial charge in [0.2, 0.25) is 0 Å². The minimum Gasteiger partial charge on any atom is -0.316 e. The number of hydrogen-bond donors (Lipinski definition) is 2. The predicted molar refractivity (Wildman–Crippen MR) is 77.7 cm³/mol. The summed E-state index contributed by atoms with van der Waals surface area (Å²) in [5.74, 6) is 0. The van der Waals surface area contributed by atoms with Crippen LogP contribution in [0.4, 0.5) is 0 Å². The Morgan fingerprint density at radius 3 is 1.79 bits per heavy atom. The summed E-state index contributed by atoms with van der Waals surface area (Å²) in [5, 5.41) is 9.21. The minimum absolute atomic E-state index is 0.256. The van der Waals surface area contributed by atoms with E-state index in [1.807, 2.05) is 34.6 Å². The van der Waals surface area contributed by atoms with E-state index in [1.54, 1.807) is 13.8 Å². The molecule has 19 heavy (non-hydrogen) atoms. The van der Waals surface area contributed by atoms with Crippen molar-refractivity contribution in [1.29, 1.82) is 0 Å². The van der Waals surface area contributed by atoms with Crippen LogP contribution in [0.15, 0.2) is 0 Å². The fourth-order valence-electron chi connectivity index (χ4n) is 2.00. The van der Waals surface area contributed by atoms with Crippen molar-refractivity contribution in [2.45, 2.75) is 66.1 Å². The Hall–Kier alpha value is 0.0700. The molecule has 0 saturated carbocycles. The molecule has 2 N–H and O–H groups in total. The van der Waals surface area contributed by atoms with E-state index in [0.717, 1.165) is 0 Å². The molecule has 116 valence electrons. The van der Waals surface area contributed by atoms with E-state index in [4.69, 9.17) is 9.05 Å². The van der Waals surface area contributed by atoms with Gasteiger partial charge < -0.3 is 14.3 Å². The minimum atomic E-state index is -3.21. The Kier molecular flexibility index (Phi) is 7.21. The van der Waals surface area contributed by atoms with E-state index in [1.165, 1.54) is 0 Å². The Bertz CT molecular complexity index is 302. The van der Waals surface area contributed by atoms with E-state index in [2.05, 4.69) is 5.48 Å². The molecule has 0 rings (SSSR count). The lowest BCUT2D eigenvalue weighted by Gasteiger charge is -2.39. The zero-order valence-electron chi connectivity index (χ0n) is 13.3. The number of rotatable bonds is 8. The molecule has 0 amide bonds. The standard InChI is InChI=1S/C13H30NO4P/c1-8-17-19(16,18-9-2)11(12(3,4)5)10-13(6,7)14-15/h11,14-15H,8-10H2,1-7H3. The van der Waals surface area contributed by atoms with Crippen molar-refractivity contribution in [3.63, 3.8) is 0 Å². The topological polar surface area (TPSA) is 67.8 Å². The molecule has 0 aliphatic rings. The molecule has 0 saturated heterocycles. The Morgan fingerprint density at radius 1 is 1.11 bits per heavy atom. The highest BCUT2D eigenvalue weighted by Crippen LogP contribution is 2.60. The average Bonchev–Trinajstić information content (AvgIpc) is 2.25. The summed E-state index contributed by atoms with van der Waals surface area (Å²) in [6.45, 7) is 14.0. The Labute approximate surface area is 117 Å². The Morgan fingerprint density at radius 2 is 1.53 bits per heavy atom. The Balaban J connectivity index is 5.39. The van der Waals surface area contributed by atoms with E-state index < -0.39 is 13.1 Å². The maximum absolute atomic E-state index is 13.0. The molecule has 0 spiro atoms. The van der Waals surface area contributed by atoms with E-state index in [0.29, 0.717) is 19.6 Å². The summed E-state index contributed by atoms with van der Waals surface area (Å²) in [6.07, 6.45) is 0.490. The summed E-state index contributed by atoms with van der Waals surface area (Å²) < 4.78 is 23.9. The summed E-state index contributed by atoms with van der Waals surface area (Å²) in [5.41, 5.74) is 1.16. The third-order valence-electron chi connectivity index (χ3n) is 3.01. The molecule has 0 aromatic heterocycles. The quantitative estimate of drug-likeness (QED) is 0.526. The number of nitrogens with one attached hydrogen (secondary N) is 1. The van der Waals surface area contributed by atoms with Gasteiger partial charge >= 0.3 is 7.60 Å². The van der Waals surface area contributed by atoms with Gasteiger partial charge in [0.1, 0.15) is 0 Å². The molecule has 0 fully saturated rings. The van der Waals surface area contributed by atoms with Crippen LogP contribution in [0.5, 0.6) is 0 Å². The first kappa shape index (κ1) is 19.1. The van der Waals surface area contributed by atoms with Crippen molar-refractivity contribution in [1.82, 2.24) is 5.48 Å². The average molecular weight is 295 g/mol. The van der Waals surface area contributed by atoms with Gasteiger partial charge in [-0.25, -0.2) is 0 Å². The molecule has 6 heteroatoms. The predicted octanol–water partition coefficient (Wildman–Crippen LogP) is 3.81. The highest BCUT2D eigenvalue weighted by molar-refractivity contribution is 7.54. The number of hydrogen-bond acceptors (Lipinski definition) is 5. The van der Waals surface area contributed by atoms with Crippen molar-refractivity contribution < 1.29 is 18.8 Å². The summed E-state index contributed by atoms with van der Waals surface area (Å²) in [7, 11) is -3.21. The van der Waals surface area contributed by atoms with Gasteiger partial charge in [0, 0.05) is 5.54 Å². The lowest BCUT2D eigenvalue weighted by Crippen LogP contribution is -2.43. The van der Waals surface area contributed by atoms with Crippen LogP contribution in [-0.2, 0) is 13.6 Å². The molecule has 0 bridgehead atoms. The lowest BCUT2D eigenvalue weighted by molar-refractivity contribution is 0.0659. The maximum atomic E-state index is 13.0. The molecule has 0 aromatic carbocycles. The second-order valence-electron chi connectivity index (χ2n) is 6.46. The summed E-state index contributed by atoms with van der Waals surface area (Å²) in [6, 6.07) is 0. The second kappa shape index (κ2) is 7.19. The summed E-state index contributed by atoms with van der Waals surface area (Å²) in [4.78, 5) is 0. The first-order chi connectivity index (χ1) is 8.52. The molecule has 1 unspecified atom stereocenters. The third kappa shape index (κ3) is 5.92. The van der Waals surface area contributed by atoms with Gasteiger partial charge in [-0.05, 0) is 39.5 Å². The fraction of sp³-hybridized carbons (Fsp3) is 1.00. The highest BCUT2D eigenvalue weighted by Gasteiger charge is 2.45. The van der Waals surface area contributed by atoms with Crippen LogP contribution in [0.2, 0.25) is 0 Å². The highest BCUT2D eigenvalue weighted by atomic mass is 31.2. The molecule has 5 nitrogen and oxygen atoms in total. The molecule has 0 heterocycles. The van der Waals surface area contributed by atoms with Crippen molar-refractivity contribution in [2.75, 3.05) is 13.2 Å². The molecule has 0 aliphatic carbocycles. The van der Waals surface area contributed by atoms with Crippen LogP contribution >= 0.6 is 7.60 Å². The van der Waals surface area contributed by atoms with Crippen LogP contribution in [0, 0.1) is 5.41 Å². The van der Waals surface area contributed by atoms with Gasteiger partial charge in [-0.1, -0.05) is 20.8 Å². The number of hydroxylamine groups is 1. The largest absolute Gasteiger partial charge is 0.334 e. The summed E-state index contributed by atoms with van der Waals surface area (Å²) >= 11 is 0. The molecule has 1 atom stereocenters. The van der Waals surface area contributed by atoms with Crippen LogP contribution in [0.1, 0.15) is 54.9 Å². The first-order valence-electron chi connectivity index (χ1n) is 6.82. The third-order valence-corrected chi connectivity index (χ3v) is 5.96. The normalized spacial score (nSPS) is 15.6. The van der Waals surface area contributed by atoms with Gasteiger partial charge in [-0.3, -0.25) is 4.57 Å². The molecular formula is C13H30NO4P. The van der Waals surface area contributed by atoms with Crippen LogP contribution in [0.25, 0.3) is 0 Å². The first-order valence-corrected chi connectivity index (χ1v) is 8.43. The fourth-order valence-corrected chi connectivity index (χ4v) is 4.78. The maximum Gasteiger partial charge on any atom is 0.334 e. The van der Waals surface area contributed by atoms with Crippen molar-refractivity contribution in [3.8, 4) is 0 Å². The van der Waals surface area contributed by atoms with Crippen LogP contribution in [0.3, 0.4) is 0 Å². The van der Waals surface area contributed by atoms with Crippen LogP contribution < -0.4 is 5.48 Å². The van der Waals surface area contributed by atoms with Gasteiger partial charge in [-0.2, -0.15) is 5.48 Å². The monoisotopic (exact) mass is 295 g/mol. The van der Waals surface area contributed by atoms with E-state index in [-0.39, 0.29) is 11.1 Å². The SMILES string of the molecule is CCOP(=O)(OCC)C(CC(C)(C)NO)C(C)(C)C. The zero-order chi connectivity index (χ0) is 15.3. The van der Waals surface area contributed by atoms with Crippen molar-refractivity contribution in [2.24, 2.45) is 5.41 Å². The lowest BCUT2D eigenvalue weighted by atomic mass is 9.84.